The van der Waals surface area contributed by atoms with Gasteiger partial charge in [0.1, 0.15) is 12.2 Å². The summed E-state index contributed by atoms with van der Waals surface area (Å²) in [7, 11) is 0. The van der Waals surface area contributed by atoms with E-state index in [4.69, 9.17) is 0 Å². The van der Waals surface area contributed by atoms with Crippen molar-refractivity contribution in [2.45, 2.75) is 33.7 Å². The van der Waals surface area contributed by atoms with E-state index in [1.165, 1.54) is 0 Å². The molecule has 0 aliphatic carbocycles. The molecular formula is C10H20N4. The van der Waals surface area contributed by atoms with Crippen molar-refractivity contribution in [3.05, 3.63) is 12.2 Å². The van der Waals surface area contributed by atoms with Gasteiger partial charge in [0.15, 0.2) is 0 Å². The third kappa shape index (κ3) is 3.10. The maximum atomic E-state index is 4.26. The van der Waals surface area contributed by atoms with Crippen molar-refractivity contribution in [1.29, 1.82) is 0 Å². The molecule has 0 saturated heterocycles. The Kier molecular flexibility index (Phi) is 4.59. The summed E-state index contributed by atoms with van der Waals surface area (Å²) in [4.78, 5) is 4.26. The summed E-state index contributed by atoms with van der Waals surface area (Å²) >= 11 is 0. The Balaban J connectivity index is 2.42. The van der Waals surface area contributed by atoms with Gasteiger partial charge in [0, 0.05) is 13.0 Å². The molecule has 0 amide bonds. The highest BCUT2D eigenvalue weighted by atomic mass is 15.3. The van der Waals surface area contributed by atoms with Crippen LogP contribution in [0.5, 0.6) is 0 Å². The molecule has 0 bridgehead atoms. The van der Waals surface area contributed by atoms with Crippen LogP contribution < -0.4 is 5.32 Å². The van der Waals surface area contributed by atoms with Gasteiger partial charge in [-0.25, -0.2) is 4.98 Å². The normalized spacial score (nSPS) is 13.1. The van der Waals surface area contributed by atoms with Gasteiger partial charge in [-0.2, -0.15) is 5.10 Å². The third-order valence-corrected chi connectivity index (χ3v) is 2.27. The standard InChI is InChI=1S/C10H20N4/c1-4-11-7-9(3)6-10-12-8-13-14(10)5-2/h8-9,11H,4-7H2,1-3H3. The van der Waals surface area contributed by atoms with Crippen molar-refractivity contribution in [3.8, 4) is 0 Å². The minimum Gasteiger partial charge on any atom is -0.317 e. The monoisotopic (exact) mass is 196 g/mol. The van der Waals surface area contributed by atoms with E-state index in [0.29, 0.717) is 5.92 Å². The van der Waals surface area contributed by atoms with E-state index in [0.717, 1.165) is 31.9 Å². The quantitative estimate of drug-likeness (QED) is 0.740. The lowest BCUT2D eigenvalue weighted by Gasteiger charge is -2.11. The van der Waals surface area contributed by atoms with Gasteiger partial charge in [0.2, 0.25) is 0 Å². The van der Waals surface area contributed by atoms with Gasteiger partial charge >= 0.3 is 0 Å². The number of hydrogen-bond acceptors (Lipinski definition) is 3. The van der Waals surface area contributed by atoms with E-state index in [-0.39, 0.29) is 0 Å². The summed E-state index contributed by atoms with van der Waals surface area (Å²) < 4.78 is 1.96. The van der Waals surface area contributed by atoms with E-state index in [2.05, 4.69) is 36.2 Å². The molecule has 4 nitrogen and oxygen atoms in total. The Morgan fingerprint density at radius 2 is 2.29 bits per heavy atom. The molecule has 4 heteroatoms. The first-order chi connectivity index (χ1) is 6.77. The molecule has 0 aromatic carbocycles. The van der Waals surface area contributed by atoms with Gasteiger partial charge in [0.25, 0.3) is 0 Å². The maximum absolute atomic E-state index is 4.26. The summed E-state index contributed by atoms with van der Waals surface area (Å²) in [6.45, 7) is 9.44. The fraction of sp³-hybridized carbons (Fsp3) is 0.800. The average Bonchev–Trinajstić information content (AvgIpc) is 2.62. The van der Waals surface area contributed by atoms with Crippen molar-refractivity contribution in [1.82, 2.24) is 20.1 Å². The van der Waals surface area contributed by atoms with Crippen LogP contribution in [0.2, 0.25) is 0 Å². The van der Waals surface area contributed by atoms with Crippen molar-refractivity contribution >= 4 is 0 Å². The molecule has 0 fully saturated rings. The smallest absolute Gasteiger partial charge is 0.138 e. The van der Waals surface area contributed by atoms with E-state index < -0.39 is 0 Å². The molecule has 14 heavy (non-hydrogen) atoms. The first kappa shape index (κ1) is 11.2. The van der Waals surface area contributed by atoms with Crippen LogP contribution in [0, 0.1) is 5.92 Å². The number of nitrogens with zero attached hydrogens (tertiary/aromatic N) is 3. The van der Waals surface area contributed by atoms with Crippen molar-refractivity contribution < 1.29 is 0 Å². The first-order valence-electron chi connectivity index (χ1n) is 5.35. The van der Waals surface area contributed by atoms with Crippen LogP contribution in [-0.4, -0.2) is 27.9 Å². The highest BCUT2D eigenvalue weighted by Gasteiger charge is 2.07. The van der Waals surface area contributed by atoms with Gasteiger partial charge < -0.3 is 5.32 Å². The predicted molar refractivity (Wildman–Crippen MR) is 57.1 cm³/mol. The second-order valence-electron chi connectivity index (χ2n) is 3.61. The molecule has 0 aliphatic rings. The molecule has 1 aromatic rings. The summed E-state index contributed by atoms with van der Waals surface area (Å²) in [6.07, 6.45) is 2.64. The Morgan fingerprint density at radius 3 is 2.93 bits per heavy atom. The minimum absolute atomic E-state index is 0.615. The SMILES string of the molecule is CCNCC(C)Cc1ncnn1CC. The highest BCUT2D eigenvalue weighted by molar-refractivity contribution is 4.86. The molecule has 1 heterocycles. The van der Waals surface area contributed by atoms with E-state index >= 15 is 0 Å². The first-order valence-corrected chi connectivity index (χ1v) is 5.35. The summed E-state index contributed by atoms with van der Waals surface area (Å²) in [5.74, 6) is 1.71. The van der Waals surface area contributed by atoms with Crippen LogP contribution >= 0.6 is 0 Å². The number of hydrogen-bond donors (Lipinski definition) is 1. The van der Waals surface area contributed by atoms with Gasteiger partial charge in [-0.3, -0.25) is 4.68 Å². The predicted octanol–water partition coefficient (Wildman–Crippen LogP) is 1.09. The summed E-state index contributed by atoms with van der Waals surface area (Å²) in [5.41, 5.74) is 0. The third-order valence-electron chi connectivity index (χ3n) is 2.27. The van der Waals surface area contributed by atoms with Crippen molar-refractivity contribution in [2.75, 3.05) is 13.1 Å². The molecular weight excluding hydrogens is 176 g/mol. The van der Waals surface area contributed by atoms with Crippen molar-refractivity contribution in [2.24, 2.45) is 5.92 Å². The zero-order valence-electron chi connectivity index (χ0n) is 9.32. The van der Waals surface area contributed by atoms with Crippen LogP contribution in [0.1, 0.15) is 26.6 Å². The van der Waals surface area contributed by atoms with Gasteiger partial charge in [-0.1, -0.05) is 13.8 Å². The zero-order valence-corrected chi connectivity index (χ0v) is 9.32. The Hall–Kier alpha value is -0.900. The van der Waals surface area contributed by atoms with Crippen LogP contribution in [0.4, 0.5) is 0 Å². The lowest BCUT2D eigenvalue weighted by atomic mass is 10.1. The summed E-state index contributed by atoms with van der Waals surface area (Å²) in [5, 5.41) is 7.49. The molecule has 1 atom stereocenters. The van der Waals surface area contributed by atoms with Crippen LogP contribution in [0.3, 0.4) is 0 Å². The minimum atomic E-state index is 0.615. The van der Waals surface area contributed by atoms with Gasteiger partial charge in [0.05, 0.1) is 0 Å². The number of aryl methyl sites for hydroxylation is 1. The largest absolute Gasteiger partial charge is 0.317 e. The number of aromatic nitrogens is 3. The molecule has 0 spiro atoms. The Morgan fingerprint density at radius 1 is 1.50 bits per heavy atom. The maximum Gasteiger partial charge on any atom is 0.138 e. The Labute approximate surface area is 85.7 Å². The molecule has 1 N–H and O–H groups in total. The fourth-order valence-corrected chi connectivity index (χ4v) is 1.48. The molecule has 1 aromatic heterocycles. The molecule has 1 rings (SSSR count). The van der Waals surface area contributed by atoms with Crippen molar-refractivity contribution in [3.63, 3.8) is 0 Å². The molecule has 0 radical (unpaired) electrons. The lowest BCUT2D eigenvalue weighted by molar-refractivity contribution is 0.488. The lowest BCUT2D eigenvalue weighted by Crippen LogP contribution is -2.23. The van der Waals surface area contributed by atoms with Gasteiger partial charge in [-0.05, 0) is 25.9 Å². The second kappa shape index (κ2) is 5.75. The van der Waals surface area contributed by atoms with Crippen LogP contribution in [0.25, 0.3) is 0 Å². The highest BCUT2D eigenvalue weighted by Crippen LogP contribution is 2.04. The van der Waals surface area contributed by atoms with E-state index in [1.807, 2.05) is 4.68 Å². The average molecular weight is 196 g/mol. The molecule has 0 saturated carbocycles. The summed E-state index contributed by atoms with van der Waals surface area (Å²) in [6, 6.07) is 0. The van der Waals surface area contributed by atoms with Crippen LogP contribution in [0.15, 0.2) is 6.33 Å². The zero-order chi connectivity index (χ0) is 10.4. The Bertz CT molecular complexity index is 256. The number of nitrogens with one attached hydrogen (secondary N) is 1. The molecule has 1 unspecified atom stereocenters. The van der Waals surface area contributed by atoms with Crippen LogP contribution in [-0.2, 0) is 13.0 Å². The second-order valence-corrected chi connectivity index (χ2v) is 3.61. The van der Waals surface area contributed by atoms with E-state index in [1.54, 1.807) is 6.33 Å². The molecule has 0 aliphatic heterocycles. The topological polar surface area (TPSA) is 42.7 Å². The fourth-order valence-electron chi connectivity index (χ4n) is 1.48. The molecule has 80 valence electrons. The van der Waals surface area contributed by atoms with Gasteiger partial charge in [-0.15, -0.1) is 0 Å². The van der Waals surface area contributed by atoms with E-state index in [9.17, 15) is 0 Å². The number of rotatable bonds is 6.